The van der Waals surface area contributed by atoms with Crippen molar-refractivity contribution in [1.29, 1.82) is 0 Å². The highest BCUT2D eigenvalue weighted by Crippen LogP contribution is 2.32. The van der Waals surface area contributed by atoms with Gasteiger partial charge in [-0.15, -0.1) is 0 Å². The molecule has 1 heterocycles. The zero-order valence-corrected chi connectivity index (χ0v) is 11.7. The van der Waals surface area contributed by atoms with Gasteiger partial charge in [0.25, 0.3) is 0 Å². The quantitative estimate of drug-likeness (QED) is 0.879. The number of nitrogens with two attached hydrogens (primary N) is 1. The number of aliphatic hydroxyl groups excluding tert-OH is 1. The number of rotatable bonds is 4. The van der Waals surface area contributed by atoms with Crippen LogP contribution in [0.2, 0.25) is 0 Å². The monoisotopic (exact) mass is 266 g/mol. The number of hydrogen-bond donors (Lipinski definition) is 2. The van der Waals surface area contributed by atoms with E-state index in [1.807, 2.05) is 13.0 Å². The predicted molar refractivity (Wildman–Crippen MR) is 75.8 cm³/mol. The highest BCUT2D eigenvalue weighted by atomic mass is 19.1. The van der Waals surface area contributed by atoms with Crippen molar-refractivity contribution in [2.24, 2.45) is 11.7 Å². The Balaban J connectivity index is 2.26. The van der Waals surface area contributed by atoms with Crippen LogP contribution in [-0.4, -0.2) is 24.8 Å². The lowest BCUT2D eigenvalue weighted by atomic mass is 10.0. The Morgan fingerprint density at radius 3 is 2.89 bits per heavy atom. The largest absolute Gasteiger partial charge is 0.396 e. The maximum atomic E-state index is 13.7. The van der Waals surface area contributed by atoms with E-state index in [-0.39, 0.29) is 18.5 Å². The van der Waals surface area contributed by atoms with Crippen molar-refractivity contribution in [3.8, 4) is 0 Å². The molecule has 2 atom stereocenters. The van der Waals surface area contributed by atoms with Gasteiger partial charge >= 0.3 is 0 Å². The number of hydrogen-bond acceptors (Lipinski definition) is 3. The van der Waals surface area contributed by atoms with Gasteiger partial charge in [0.15, 0.2) is 0 Å². The lowest BCUT2D eigenvalue weighted by Gasteiger charge is -2.24. The smallest absolute Gasteiger partial charge is 0.126 e. The topological polar surface area (TPSA) is 49.5 Å². The summed E-state index contributed by atoms with van der Waals surface area (Å²) in [4.78, 5) is 2.27. The fourth-order valence-corrected chi connectivity index (χ4v) is 2.79. The van der Waals surface area contributed by atoms with E-state index in [2.05, 4.69) is 4.90 Å². The molecular formula is C15H23FN2O. The van der Waals surface area contributed by atoms with Crippen LogP contribution in [0.4, 0.5) is 10.1 Å². The van der Waals surface area contributed by atoms with Crippen molar-refractivity contribution in [3.63, 3.8) is 0 Å². The third-order valence-electron chi connectivity index (χ3n) is 3.96. The van der Waals surface area contributed by atoms with E-state index in [0.29, 0.717) is 11.5 Å². The first-order valence-corrected chi connectivity index (χ1v) is 6.94. The molecule has 0 aliphatic carbocycles. The van der Waals surface area contributed by atoms with E-state index >= 15 is 0 Å². The van der Waals surface area contributed by atoms with Crippen molar-refractivity contribution in [2.45, 2.75) is 32.7 Å². The highest BCUT2D eigenvalue weighted by Gasteiger charge is 2.25. The number of anilines is 1. The third kappa shape index (κ3) is 3.07. The first-order valence-electron chi connectivity index (χ1n) is 6.94. The van der Waals surface area contributed by atoms with Crippen LogP contribution in [-0.2, 0) is 0 Å². The zero-order valence-electron chi connectivity index (χ0n) is 11.7. The molecule has 2 rings (SSSR count). The molecule has 0 spiro atoms. The summed E-state index contributed by atoms with van der Waals surface area (Å²) in [5.41, 5.74) is 8.54. The Morgan fingerprint density at radius 1 is 1.53 bits per heavy atom. The number of nitrogens with zero attached hydrogens (tertiary/aromatic N) is 1. The minimum absolute atomic E-state index is 0.179. The van der Waals surface area contributed by atoms with Crippen molar-refractivity contribution in [2.75, 3.05) is 24.6 Å². The molecule has 1 saturated heterocycles. The Morgan fingerprint density at radius 2 is 2.26 bits per heavy atom. The Kier molecular flexibility index (Phi) is 4.42. The van der Waals surface area contributed by atoms with Gasteiger partial charge in [-0.25, -0.2) is 4.39 Å². The molecular weight excluding hydrogens is 243 g/mol. The molecule has 0 amide bonds. The molecule has 19 heavy (non-hydrogen) atoms. The molecule has 1 aliphatic rings. The number of aryl methyl sites for hydroxylation is 1. The fourth-order valence-electron chi connectivity index (χ4n) is 2.79. The SMILES string of the molecule is Cc1cc(N2CCC(CCO)C2)c([C@H](C)N)cc1F. The van der Waals surface area contributed by atoms with E-state index in [4.69, 9.17) is 10.8 Å². The lowest BCUT2D eigenvalue weighted by Crippen LogP contribution is -2.23. The molecule has 0 aromatic heterocycles. The van der Waals surface area contributed by atoms with Gasteiger partial charge in [0.2, 0.25) is 0 Å². The maximum absolute atomic E-state index is 13.7. The summed E-state index contributed by atoms with van der Waals surface area (Å²) < 4.78 is 13.7. The molecule has 3 nitrogen and oxygen atoms in total. The van der Waals surface area contributed by atoms with Crippen LogP contribution in [0.1, 0.15) is 36.9 Å². The summed E-state index contributed by atoms with van der Waals surface area (Å²) in [6, 6.07) is 3.28. The molecule has 1 aliphatic heterocycles. The minimum Gasteiger partial charge on any atom is -0.396 e. The van der Waals surface area contributed by atoms with Gasteiger partial charge in [0, 0.05) is 31.4 Å². The standard InChI is InChI=1S/C15H23FN2O/c1-10-7-15(13(11(2)17)8-14(10)16)18-5-3-12(9-18)4-6-19/h7-8,11-12,19H,3-6,9,17H2,1-2H3/t11-,12?/m0/s1. The molecule has 1 unspecified atom stereocenters. The second kappa shape index (κ2) is 5.88. The van der Waals surface area contributed by atoms with Gasteiger partial charge in [-0.3, -0.25) is 0 Å². The molecule has 0 saturated carbocycles. The Hall–Kier alpha value is -1.13. The normalized spacial score (nSPS) is 20.9. The highest BCUT2D eigenvalue weighted by molar-refractivity contribution is 5.57. The average Bonchev–Trinajstić information content (AvgIpc) is 2.81. The van der Waals surface area contributed by atoms with Gasteiger partial charge in [0.05, 0.1) is 0 Å². The lowest BCUT2D eigenvalue weighted by molar-refractivity contribution is 0.263. The Labute approximate surface area is 114 Å². The second-order valence-electron chi connectivity index (χ2n) is 5.56. The zero-order chi connectivity index (χ0) is 14.0. The van der Waals surface area contributed by atoms with Crippen LogP contribution in [0, 0.1) is 18.7 Å². The number of halogens is 1. The van der Waals surface area contributed by atoms with Crippen molar-refractivity contribution in [1.82, 2.24) is 0 Å². The summed E-state index contributed by atoms with van der Waals surface area (Å²) in [6.45, 7) is 5.78. The molecule has 1 aromatic carbocycles. The molecule has 0 radical (unpaired) electrons. The van der Waals surface area contributed by atoms with Crippen LogP contribution >= 0.6 is 0 Å². The maximum Gasteiger partial charge on any atom is 0.126 e. The van der Waals surface area contributed by atoms with E-state index in [1.54, 1.807) is 13.0 Å². The van der Waals surface area contributed by atoms with Crippen molar-refractivity contribution in [3.05, 3.63) is 29.1 Å². The number of aliphatic hydroxyl groups is 1. The van der Waals surface area contributed by atoms with Crippen molar-refractivity contribution < 1.29 is 9.50 Å². The van der Waals surface area contributed by atoms with Crippen LogP contribution in [0.5, 0.6) is 0 Å². The summed E-state index contributed by atoms with van der Waals surface area (Å²) >= 11 is 0. The van der Waals surface area contributed by atoms with Gasteiger partial charge in [-0.1, -0.05) is 0 Å². The first-order chi connectivity index (χ1) is 9.02. The predicted octanol–water partition coefficient (Wildman–Crippen LogP) is 2.36. The molecule has 1 aromatic rings. The van der Waals surface area contributed by atoms with Gasteiger partial charge in [-0.05, 0) is 55.9 Å². The molecule has 0 bridgehead atoms. The van der Waals surface area contributed by atoms with Crippen molar-refractivity contribution >= 4 is 5.69 Å². The van der Waals surface area contributed by atoms with E-state index in [9.17, 15) is 4.39 Å². The molecule has 3 N–H and O–H groups in total. The second-order valence-corrected chi connectivity index (χ2v) is 5.56. The van der Waals surface area contributed by atoms with E-state index in [0.717, 1.165) is 37.2 Å². The number of benzene rings is 1. The van der Waals surface area contributed by atoms with Crippen LogP contribution in [0.15, 0.2) is 12.1 Å². The summed E-state index contributed by atoms with van der Waals surface area (Å²) in [5, 5.41) is 9.02. The average molecular weight is 266 g/mol. The first kappa shape index (κ1) is 14.3. The summed E-state index contributed by atoms with van der Waals surface area (Å²) in [7, 11) is 0. The minimum atomic E-state index is -0.192. The molecule has 1 fully saturated rings. The van der Waals surface area contributed by atoms with E-state index < -0.39 is 0 Å². The third-order valence-corrected chi connectivity index (χ3v) is 3.96. The Bertz CT molecular complexity index is 448. The van der Waals surface area contributed by atoms with Crippen LogP contribution < -0.4 is 10.6 Å². The van der Waals surface area contributed by atoms with Crippen LogP contribution in [0.3, 0.4) is 0 Å². The van der Waals surface area contributed by atoms with Gasteiger partial charge < -0.3 is 15.7 Å². The molecule has 4 heteroatoms. The fraction of sp³-hybridized carbons (Fsp3) is 0.600. The summed E-state index contributed by atoms with van der Waals surface area (Å²) in [6.07, 6.45) is 1.92. The molecule has 106 valence electrons. The summed E-state index contributed by atoms with van der Waals surface area (Å²) in [5.74, 6) is 0.332. The van der Waals surface area contributed by atoms with Crippen LogP contribution in [0.25, 0.3) is 0 Å². The van der Waals surface area contributed by atoms with Gasteiger partial charge in [0.1, 0.15) is 5.82 Å². The van der Waals surface area contributed by atoms with Gasteiger partial charge in [-0.2, -0.15) is 0 Å². The van der Waals surface area contributed by atoms with E-state index in [1.165, 1.54) is 0 Å².